The first-order valence-corrected chi connectivity index (χ1v) is 15.5. The van der Waals surface area contributed by atoms with Gasteiger partial charge in [0.05, 0.1) is 34.9 Å². The van der Waals surface area contributed by atoms with Gasteiger partial charge in [-0.05, 0) is 56.5 Å². The molecule has 6 rings (SSSR count). The Bertz CT molecular complexity index is 2240. The van der Waals surface area contributed by atoms with E-state index in [0.29, 0.717) is 5.56 Å². The number of carboxylic acids is 1. The van der Waals surface area contributed by atoms with Gasteiger partial charge in [0.2, 0.25) is 5.78 Å². The molecule has 0 saturated heterocycles. The summed E-state index contributed by atoms with van der Waals surface area (Å²) in [5.41, 5.74) is -1.37. The van der Waals surface area contributed by atoms with Crippen molar-refractivity contribution in [2.75, 3.05) is 7.11 Å². The third-order valence-corrected chi connectivity index (χ3v) is 9.65. The number of carbonyl (C=O) groups excluding carboxylic acids is 2. The van der Waals surface area contributed by atoms with Gasteiger partial charge in [0, 0.05) is 33.4 Å². The zero-order chi connectivity index (χ0) is 34.1. The number of aromatic hydroxyl groups is 4. The van der Waals surface area contributed by atoms with Crippen LogP contribution in [0.3, 0.4) is 0 Å². The van der Waals surface area contributed by atoms with Crippen molar-refractivity contribution in [3.8, 4) is 39.9 Å². The van der Waals surface area contributed by atoms with Crippen molar-refractivity contribution in [1.29, 1.82) is 0 Å². The topological polar surface area (TPSA) is 220 Å². The number of benzene rings is 4. The van der Waals surface area contributed by atoms with Crippen molar-refractivity contribution in [3.05, 3.63) is 92.0 Å². The number of ketones is 2. The Labute approximate surface area is 267 Å². The maximum atomic E-state index is 13.8. The van der Waals surface area contributed by atoms with Crippen LogP contribution in [0.5, 0.6) is 28.7 Å². The van der Waals surface area contributed by atoms with Gasteiger partial charge in [0.1, 0.15) is 34.3 Å². The van der Waals surface area contributed by atoms with Gasteiger partial charge in [-0.3, -0.25) is 9.59 Å². The van der Waals surface area contributed by atoms with Crippen LogP contribution in [0.2, 0.25) is 0 Å². The highest BCUT2D eigenvalue weighted by atomic mass is 32.2. The molecular formula is C33H26N2O11S. The molecule has 0 aromatic heterocycles. The number of carbonyl (C=O) groups is 3. The molecule has 4 aromatic rings. The van der Waals surface area contributed by atoms with E-state index in [2.05, 4.69) is 5.10 Å². The fourth-order valence-electron chi connectivity index (χ4n) is 6.10. The molecule has 0 aliphatic heterocycles. The minimum atomic E-state index is -4.10. The Balaban J connectivity index is 1.52. The van der Waals surface area contributed by atoms with E-state index in [9.17, 15) is 48.3 Å². The van der Waals surface area contributed by atoms with Crippen LogP contribution in [0, 0.1) is 13.8 Å². The minimum Gasteiger partial charge on any atom is -0.508 e. The summed E-state index contributed by atoms with van der Waals surface area (Å²) in [6, 6.07) is 8.31. The lowest BCUT2D eigenvalue weighted by Gasteiger charge is -2.30. The van der Waals surface area contributed by atoms with Crippen LogP contribution < -0.4 is 9.57 Å². The minimum absolute atomic E-state index is 0.0307. The Morgan fingerprint density at radius 1 is 0.872 bits per heavy atom. The molecule has 4 aromatic carbocycles. The van der Waals surface area contributed by atoms with E-state index < -0.39 is 61.7 Å². The summed E-state index contributed by atoms with van der Waals surface area (Å²) in [5.74, 6) is -6.09. The van der Waals surface area contributed by atoms with Gasteiger partial charge >= 0.3 is 5.97 Å². The number of sulfonamides is 1. The molecule has 0 spiro atoms. The first kappa shape index (κ1) is 31.1. The summed E-state index contributed by atoms with van der Waals surface area (Å²) in [6.07, 6.45) is 1.17. The quantitative estimate of drug-likeness (QED) is 0.114. The fourth-order valence-corrected chi connectivity index (χ4v) is 6.89. The Kier molecular flexibility index (Phi) is 7.20. The Morgan fingerprint density at radius 2 is 1.55 bits per heavy atom. The van der Waals surface area contributed by atoms with E-state index in [1.807, 2.05) is 4.83 Å². The van der Waals surface area contributed by atoms with Crippen molar-refractivity contribution in [3.63, 3.8) is 0 Å². The molecule has 2 aliphatic carbocycles. The summed E-state index contributed by atoms with van der Waals surface area (Å²) in [6.45, 7) is 3.15. The van der Waals surface area contributed by atoms with Gasteiger partial charge < -0.3 is 30.3 Å². The van der Waals surface area contributed by atoms with Crippen LogP contribution in [-0.4, -0.2) is 64.8 Å². The Hall–Kier alpha value is -5.89. The molecule has 6 N–H and O–H groups in total. The number of carboxylic acid groups (broad SMARTS) is 1. The molecule has 0 radical (unpaired) electrons. The van der Waals surface area contributed by atoms with Crippen molar-refractivity contribution >= 4 is 33.8 Å². The lowest BCUT2D eigenvalue weighted by molar-refractivity contribution is 0.0693. The first-order chi connectivity index (χ1) is 22.2. The molecule has 2 aliphatic rings. The predicted molar refractivity (Wildman–Crippen MR) is 167 cm³/mol. The highest BCUT2D eigenvalue weighted by molar-refractivity contribution is 7.89. The van der Waals surface area contributed by atoms with E-state index in [-0.39, 0.29) is 68.0 Å². The molecule has 0 fully saturated rings. The maximum Gasteiger partial charge on any atom is 0.340 e. The lowest BCUT2D eigenvalue weighted by atomic mass is 9.74. The van der Waals surface area contributed by atoms with Crippen LogP contribution in [0.1, 0.15) is 70.0 Å². The third-order valence-electron chi connectivity index (χ3n) is 8.41. The largest absolute Gasteiger partial charge is 0.508 e. The van der Waals surface area contributed by atoms with E-state index in [1.54, 1.807) is 19.1 Å². The highest BCUT2D eigenvalue weighted by Crippen LogP contribution is 2.54. The van der Waals surface area contributed by atoms with Crippen LogP contribution in [-0.2, 0) is 22.9 Å². The second-order valence-electron chi connectivity index (χ2n) is 11.1. The van der Waals surface area contributed by atoms with Crippen LogP contribution in [0.25, 0.3) is 11.1 Å². The maximum absolute atomic E-state index is 13.8. The monoisotopic (exact) mass is 658 g/mol. The van der Waals surface area contributed by atoms with E-state index >= 15 is 0 Å². The predicted octanol–water partition coefficient (Wildman–Crippen LogP) is 3.69. The summed E-state index contributed by atoms with van der Waals surface area (Å²) in [5, 5.41) is 57.8. The number of rotatable bonds is 6. The Morgan fingerprint density at radius 3 is 2.19 bits per heavy atom. The zero-order valence-electron chi connectivity index (χ0n) is 25.0. The number of fused-ring (bicyclic) bond motifs is 5. The average Bonchev–Trinajstić information content (AvgIpc) is 3.02. The van der Waals surface area contributed by atoms with Gasteiger partial charge in [-0.25, -0.2) is 9.63 Å². The van der Waals surface area contributed by atoms with Gasteiger partial charge in [-0.15, -0.1) is 0 Å². The molecule has 13 nitrogen and oxygen atoms in total. The summed E-state index contributed by atoms with van der Waals surface area (Å²) >= 11 is 0. The number of hydrogen-bond acceptors (Lipinski definition) is 11. The van der Waals surface area contributed by atoms with Gasteiger partial charge in [0.25, 0.3) is 10.0 Å². The third kappa shape index (κ3) is 4.63. The summed E-state index contributed by atoms with van der Waals surface area (Å²) in [4.78, 5) is 41.9. The number of phenolic OH excluding ortho intramolecular Hbond substituents is 3. The van der Waals surface area contributed by atoms with Gasteiger partial charge in [0.15, 0.2) is 5.78 Å². The van der Waals surface area contributed by atoms with Crippen LogP contribution in [0.15, 0.2) is 46.4 Å². The number of nitrogens with one attached hydrogen (secondary N) is 1. The smallest absolute Gasteiger partial charge is 0.340 e. The average molecular weight is 659 g/mol. The number of aromatic carboxylic acids is 1. The SMILES string of the molecule is COc1c2c(c(O)c3c1C(=O)c1c(cc(O)c(C)c1O)C3=O)-c1c(cc(/C=N/NS(=O)(=O)c3ccc(C)cc3)c(C(=O)O)c1O)CC2. The van der Waals surface area contributed by atoms with E-state index in [0.717, 1.165) is 17.8 Å². The highest BCUT2D eigenvalue weighted by Gasteiger charge is 2.42. The normalized spacial score (nSPS) is 13.5. The molecule has 47 heavy (non-hydrogen) atoms. The molecule has 0 bridgehead atoms. The van der Waals surface area contributed by atoms with Gasteiger partial charge in [-0.2, -0.15) is 13.5 Å². The first-order valence-electron chi connectivity index (χ1n) is 14.0. The molecule has 0 saturated carbocycles. The van der Waals surface area contributed by atoms with Crippen molar-refractivity contribution < 1.29 is 53.1 Å². The second kappa shape index (κ2) is 10.9. The number of hydrazone groups is 1. The molecule has 14 heteroatoms. The zero-order valence-corrected chi connectivity index (χ0v) is 25.8. The number of nitrogens with zero attached hydrogens (tertiary/aromatic N) is 1. The number of hydrogen-bond donors (Lipinski definition) is 6. The van der Waals surface area contributed by atoms with Crippen molar-refractivity contribution in [1.82, 2.24) is 4.83 Å². The molecule has 0 heterocycles. The van der Waals surface area contributed by atoms with Crippen LogP contribution in [0.4, 0.5) is 0 Å². The molecule has 0 amide bonds. The van der Waals surface area contributed by atoms with Crippen LogP contribution >= 0.6 is 0 Å². The number of methoxy groups -OCH3 is 1. The summed E-state index contributed by atoms with van der Waals surface area (Å²) < 4.78 is 30.9. The fraction of sp³-hybridized carbons (Fsp3) is 0.152. The van der Waals surface area contributed by atoms with Crippen molar-refractivity contribution in [2.45, 2.75) is 31.6 Å². The molecule has 0 atom stereocenters. The standard InChI is InChI=1S/C33H26N2O11S/c1-13-4-7-17(8-5-13)47(44,45)35-34-12-16-10-15-6-9-18-23(21(15)29(39)22(16)33(42)43)30(40)25-26(32(18)46-3)31(41)24-19(28(25)38)11-20(36)14(2)27(24)37/h4-5,7-8,10-12,35-37,39-40H,6,9H2,1-3H3,(H,42,43)/b34-12+. The molecular weight excluding hydrogens is 632 g/mol. The lowest BCUT2D eigenvalue weighted by Crippen LogP contribution is -2.24. The van der Waals surface area contributed by atoms with E-state index in [4.69, 9.17) is 4.74 Å². The van der Waals surface area contributed by atoms with Gasteiger partial charge in [-0.1, -0.05) is 17.7 Å². The second-order valence-corrected chi connectivity index (χ2v) is 12.8. The molecule has 0 unspecified atom stereocenters. The van der Waals surface area contributed by atoms with Crippen molar-refractivity contribution in [2.24, 2.45) is 5.10 Å². The number of aryl methyl sites for hydroxylation is 2. The van der Waals surface area contributed by atoms with E-state index in [1.165, 1.54) is 32.2 Å². The summed E-state index contributed by atoms with van der Waals surface area (Å²) in [7, 11) is -2.87. The number of ether oxygens (including phenoxy) is 1. The molecule has 240 valence electrons. The number of phenols is 4.